The number of hydrogen-bond acceptors (Lipinski definition) is 7. The van der Waals surface area contributed by atoms with Gasteiger partial charge in [0.25, 0.3) is 5.91 Å². The quantitative estimate of drug-likeness (QED) is 0.516. The number of primary amides is 1. The molecule has 1 amide bonds. The average molecular weight is 440 g/mol. The lowest BCUT2D eigenvalue weighted by atomic mass is 9.57. The van der Waals surface area contributed by atoms with Gasteiger partial charge in [-0.05, 0) is 62.9 Å². The van der Waals surface area contributed by atoms with E-state index in [1.54, 1.807) is 14.1 Å². The number of aliphatic hydroxyl groups excluding tert-OH is 2. The lowest BCUT2D eigenvalue weighted by Crippen LogP contribution is -2.65. The Hall–Kier alpha value is -2.97. The monoisotopic (exact) mass is 440 g/mol. The van der Waals surface area contributed by atoms with Crippen LogP contribution in [0.2, 0.25) is 0 Å². The number of benzene rings is 1. The van der Waals surface area contributed by atoms with Gasteiger partial charge in [0.1, 0.15) is 17.1 Å². The van der Waals surface area contributed by atoms with Gasteiger partial charge in [-0.15, -0.1) is 0 Å². The van der Waals surface area contributed by atoms with E-state index in [-0.39, 0.29) is 17.8 Å². The van der Waals surface area contributed by atoms with Gasteiger partial charge < -0.3 is 21.1 Å². The van der Waals surface area contributed by atoms with Crippen LogP contribution in [-0.2, 0) is 27.2 Å². The van der Waals surface area contributed by atoms with Gasteiger partial charge in [-0.2, -0.15) is 0 Å². The Balaban J connectivity index is 1.99. The molecular weight excluding hydrogens is 412 g/mol. The first kappa shape index (κ1) is 22.2. The Morgan fingerprint density at radius 1 is 1.25 bits per heavy atom. The lowest BCUT2D eigenvalue weighted by Gasteiger charge is -2.50. The highest BCUT2D eigenvalue weighted by Crippen LogP contribution is 2.52. The molecule has 3 aliphatic rings. The molecule has 4 rings (SSSR count). The molecule has 170 valence electrons. The van der Waals surface area contributed by atoms with Crippen molar-refractivity contribution in [2.75, 3.05) is 14.1 Å². The highest BCUT2D eigenvalue weighted by molar-refractivity contribution is 6.24. The first-order valence-electron chi connectivity index (χ1n) is 10.7. The molecule has 0 spiro atoms. The minimum atomic E-state index is -2.53. The van der Waals surface area contributed by atoms with Gasteiger partial charge in [0.2, 0.25) is 5.78 Å². The Morgan fingerprint density at radius 3 is 2.47 bits per heavy atom. The maximum atomic E-state index is 13.7. The number of nitrogens with two attached hydrogens (primary N) is 1. The summed E-state index contributed by atoms with van der Waals surface area (Å²) >= 11 is 0. The van der Waals surface area contributed by atoms with Gasteiger partial charge in [0.15, 0.2) is 11.4 Å². The zero-order chi connectivity index (χ0) is 23.7. The van der Waals surface area contributed by atoms with E-state index in [0.717, 1.165) is 23.1 Å². The van der Waals surface area contributed by atoms with Crippen molar-refractivity contribution in [2.24, 2.45) is 17.6 Å². The maximum Gasteiger partial charge on any atom is 0.255 e. The summed E-state index contributed by atoms with van der Waals surface area (Å²) in [6.45, 7) is 3.85. The van der Waals surface area contributed by atoms with Crippen molar-refractivity contribution in [2.45, 2.75) is 44.8 Å². The molecule has 1 aromatic rings. The highest BCUT2D eigenvalue weighted by atomic mass is 16.3. The van der Waals surface area contributed by atoms with E-state index in [2.05, 4.69) is 0 Å². The van der Waals surface area contributed by atoms with Crippen LogP contribution in [0, 0.1) is 18.8 Å². The van der Waals surface area contributed by atoms with Crippen LogP contribution in [0.5, 0.6) is 0 Å². The molecule has 5 N–H and O–H groups in total. The van der Waals surface area contributed by atoms with Crippen LogP contribution in [-0.4, -0.2) is 63.4 Å². The van der Waals surface area contributed by atoms with Crippen molar-refractivity contribution in [1.82, 2.24) is 4.90 Å². The number of nitrogens with zero attached hydrogens (tertiary/aromatic N) is 1. The van der Waals surface area contributed by atoms with Crippen LogP contribution in [0.25, 0.3) is 5.76 Å². The smallest absolute Gasteiger partial charge is 0.255 e. The Morgan fingerprint density at radius 2 is 1.91 bits per heavy atom. The molecule has 8 heteroatoms. The normalized spacial score (nSPS) is 29.8. The fraction of sp³-hybridized carbons (Fsp3) is 0.458. The third-order valence-corrected chi connectivity index (χ3v) is 7.31. The van der Waals surface area contributed by atoms with Crippen LogP contribution in [0.3, 0.4) is 0 Å². The summed E-state index contributed by atoms with van der Waals surface area (Å²) in [5.41, 5.74) is 5.44. The number of likely N-dealkylation sites (N-methyl/N-ethyl adjacent to an activating group) is 1. The minimum Gasteiger partial charge on any atom is -0.508 e. The summed E-state index contributed by atoms with van der Waals surface area (Å²) in [7, 11) is 3.21. The fourth-order valence-corrected chi connectivity index (χ4v) is 5.83. The predicted molar refractivity (Wildman–Crippen MR) is 117 cm³/mol. The number of amides is 1. The molecule has 0 unspecified atom stereocenters. The zero-order valence-corrected chi connectivity index (χ0v) is 18.6. The molecule has 1 saturated carbocycles. The number of hydrogen-bond donors (Lipinski definition) is 4. The van der Waals surface area contributed by atoms with E-state index in [0.29, 0.717) is 12.0 Å². The zero-order valence-electron chi connectivity index (χ0n) is 18.6. The summed E-state index contributed by atoms with van der Waals surface area (Å²) in [5.74, 6) is -5.50. The van der Waals surface area contributed by atoms with Gasteiger partial charge >= 0.3 is 0 Å². The number of carbonyl (C=O) groups excluding carboxylic acids is 3. The van der Waals surface area contributed by atoms with E-state index in [4.69, 9.17) is 5.73 Å². The number of Topliss-reactive ketones (excluding diaryl/α,β-unsaturated/α-hetero) is 2. The van der Waals surface area contributed by atoms with Crippen molar-refractivity contribution in [3.05, 3.63) is 51.3 Å². The molecule has 3 aliphatic carbocycles. The third kappa shape index (κ3) is 2.72. The summed E-state index contributed by atoms with van der Waals surface area (Å²) in [6, 6.07) is 2.85. The summed E-state index contributed by atoms with van der Waals surface area (Å²) < 4.78 is 0. The van der Waals surface area contributed by atoms with Crippen LogP contribution >= 0.6 is 0 Å². The SMILES string of the molecule is CCc1ccc(C)c2c1C[C@H]1C[C@H]3[C@H](N(C)C)C(=O)C(C(N)=O)=C(O)[C@@]3(O)C(=O)C1=C2O. The molecule has 32 heavy (non-hydrogen) atoms. The van der Waals surface area contributed by atoms with Gasteiger partial charge in [-0.3, -0.25) is 19.3 Å². The summed E-state index contributed by atoms with van der Waals surface area (Å²) in [4.78, 5) is 40.3. The Labute approximate surface area is 186 Å². The van der Waals surface area contributed by atoms with Crippen molar-refractivity contribution in [3.63, 3.8) is 0 Å². The fourth-order valence-electron chi connectivity index (χ4n) is 5.83. The Kier molecular flexibility index (Phi) is 5.06. The number of aliphatic hydroxyl groups is 3. The van der Waals surface area contributed by atoms with Crippen LogP contribution in [0.1, 0.15) is 35.6 Å². The largest absolute Gasteiger partial charge is 0.508 e. The van der Waals surface area contributed by atoms with Crippen LogP contribution in [0.15, 0.2) is 29.0 Å². The second kappa shape index (κ2) is 7.28. The van der Waals surface area contributed by atoms with Gasteiger partial charge in [-0.25, -0.2) is 0 Å². The van der Waals surface area contributed by atoms with Crippen LogP contribution < -0.4 is 5.73 Å². The molecule has 0 bridgehead atoms. The molecule has 0 aliphatic heterocycles. The number of rotatable bonds is 3. The molecule has 4 atom stereocenters. The molecule has 1 aromatic carbocycles. The minimum absolute atomic E-state index is 0.0230. The molecule has 0 heterocycles. The molecule has 8 nitrogen and oxygen atoms in total. The maximum absolute atomic E-state index is 13.7. The molecule has 0 radical (unpaired) electrons. The lowest BCUT2D eigenvalue weighted by molar-refractivity contribution is -0.153. The van der Waals surface area contributed by atoms with Crippen LogP contribution in [0.4, 0.5) is 0 Å². The van der Waals surface area contributed by atoms with Crippen molar-refractivity contribution in [1.29, 1.82) is 0 Å². The van der Waals surface area contributed by atoms with E-state index < -0.39 is 52.3 Å². The van der Waals surface area contributed by atoms with Crippen molar-refractivity contribution in [3.8, 4) is 0 Å². The van der Waals surface area contributed by atoms with E-state index in [9.17, 15) is 29.7 Å². The van der Waals surface area contributed by atoms with E-state index in [1.165, 1.54) is 4.90 Å². The first-order valence-corrected chi connectivity index (χ1v) is 10.7. The average Bonchev–Trinajstić information content (AvgIpc) is 2.70. The number of ketones is 2. The van der Waals surface area contributed by atoms with Crippen molar-refractivity contribution < 1.29 is 29.7 Å². The second-order valence-electron chi connectivity index (χ2n) is 9.21. The molecule has 0 aromatic heterocycles. The molecular formula is C24H28N2O6. The first-order chi connectivity index (χ1) is 15.0. The standard InChI is InChI=1S/C24H28N2O6/c1-5-11-7-6-10(2)15-13(11)8-12-9-14-18(26(3)4)20(28)17(23(25)31)22(30)24(14,32)21(29)16(12)19(15)27/h6-7,12,14,18,27,30,32H,5,8-9H2,1-4H3,(H2,25,31)/t12-,14-,18-,24-/m0/s1. The third-order valence-electron chi connectivity index (χ3n) is 7.31. The van der Waals surface area contributed by atoms with Gasteiger partial charge in [-0.1, -0.05) is 19.1 Å². The van der Waals surface area contributed by atoms with Gasteiger partial charge in [0.05, 0.1) is 6.04 Å². The second-order valence-corrected chi connectivity index (χ2v) is 9.21. The van der Waals surface area contributed by atoms with Crippen molar-refractivity contribution >= 4 is 23.2 Å². The number of carbonyl (C=O) groups is 3. The number of aryl methyl sites for hydroxylation is 2. The Bertz CT molecular complexity index is 1130. The summed E-state index contributed by atoms with van der Waals surface area (Å²) in [5, 5.41) is 33.6. The molecule has 1 fully saturated rings. The highest BCUT2D eigenvalue weighted by Gasteiger charge is 2.64. The molecule has 0 saturated heterocycles. The van der Waals surface area contributed by atoms with Gasteiger partial charge in [0, 0.05) is 17.1 Å². The van der Waals surface area contributed by atoms with E-state index in [1.807, 2.05) is 26.0 Å². The predicted octanol–water partition coefficient (Wildman–Crippen LogP) is 1.13. The van der Waals surface area contributed by atoms with E-state index >= 15 is 0 Å². The number of fused-ring (bicyclic) bond motifs is 3. The summed E-state index contributed by atoms with van der Waals surface area (Å²) in [6.07, 6.45) is 1.39. The topological polar surface area (TPSA) is 141 Å².